The van der Waals surface area contributed by atoms with E-state index in [0.717, 1.165) is 0 Å². The van der Waals surface area contributed by atoms with Crippen LogP contribution in [-0.2, 0) is 0 Å². The summed E-state index contributed by atoms with van der Waals surface area (Å²) >= 11 is 0. The van der Waals surface area contributed by atoms with Crippen LogP contribution >= 0.6 is 0 Å². The number of primary amides is 2. The van der Waals surface area contributed by atoms with E-state index >= 15 is 0 Å². The second-order valence-corrected chi connectivity index (χ2v) is 3.70. The lowest BCUT2D eigenvalue weighted by Gasteiger charge is -2.07. The van der Waals surface area contributed by atoms with Gasteiger partial charge in [-0.3, -0.25) is 14.6 Å². The zero-order chi connectivity index (χ0) is 13.1. The molecular weight excluding hydrogens is 230 g/mol. The first kappa shape index (κ1) is 11.8. The van der Waals surface area contributed by atoms with Gasteiger partial charge in [-0.05, 0) is 30.3 Å². The van der Waals surface area contributed by atoms with Gasteiger partial charge in [0.2, 0.25) is 11.8 Å². The second kappa shape index (κ2) is 4.67. The Labute approximate surface area is 103 Å². The smallest absolute Gasteiger partial charge is 0.249 e. The Morgan fingerprint density at radius 1 is 1.00 bits per heavy atom. The van der Waals surface area contributed by atoms with Crippen LogP contribution in [-0.4, -0.2) is 16.8 Å². The molecule has 1 aromatic heterocycles. The molecule has 2 rings (SSSR count). The summed E-state index contributed by atoms with van der Waals surface area (Å²) < 4.78 is 0. The van der Waals surface area contributed by atoms with Gasteiger partial charge >= 0.3 is 0 Å². The van der Waals surface area contributed by atoms with E-state index < -0.39 is 11.8 Å². The van der Waals surface area contributed by atoms with Crippen LogP contribution in [0.25, 0.3) is 11.3 Å². The molecule has 0 fully saturated rings. The van der Waals surface area contributed by atoms with Crippen LogP contribution in [0.5, 0.6) is 0 Å². The Kier molecular flexibility index (Phi) is 3.05. The monoisotopic (exact) mass is 241 g/mol. The van der Waals surface area contributed by atoms with Crippen LogP contribution < -0.4 is 11.5 Å². The van der Waals surface area contributed by atoms with Crippen molar-refractivity contribution < 1.29 is 9.59 Å². The van der Waals surface area contributed by atoms with E-state index in [1.54, 1.807) is 24.4 Å². The summed E-state index contributed by atoms with van der Waals surface area (Å²) in [6, 6.07) is 9.73. The van der Waals surface area contributed by atoms with Crippen molar-refractivity contribution in [3.05, 3.63) is 53.7 Å². The van der Waals surface area contributed by atoms with Crippen molar-refractivity contribution in [1.82, 2.24) is 4.98 Å². The van der Waals surface area contributed by atoms with Gasteiger partial charge in [-0.25, -0.2) is 0 Å². The van der Waals surface area contributed by atoms with Crippen LogP contribution in [0.3, 0.4) is 0 Å². The maximum atomic E-state index is 11.4. The second-order valence-electron chi connectivity index (χ2n) is 3.70. The number of aromatic nitrogens is 1. The lowest BCUT2D eigenvalue weighted by molar-refractivity contribution is 0.0988. The molecule has 18 heavy (non-hydrogen) atoms. The largest absolute Gasteiger partial charge is 0.366 e. The van der Waals surface area contributed by atoms with Gasteiger partial charge in [0.15, 0.2) is 0 Å². The summed E-state index contributed by atoms with van der Waals surface area (Å²) in [6.07, 6.45) is 1.59. The van der Waals surface area contributed by atoms with E-state index in [-0.39, 0.29) is 0 Å². The summed E-state index contributed by atoms with van der Waals surface area (Å²) in [5, 5.41) is 0. The van der Waals surface area contributed by atoms with Crippen molar-refractivity contribution in [2.75, 3.05) is 0 Å². The zero-order valence-electron chi connectivity index (χ0n) is 9.46. The van der Waals surface area contributed by atoms with E-state index in [1.807, 2.05) is 0 Å². The third-order valence-corrected chi connectivity index (χ3v) is 2.51. The molecule has 0 saturated carbocycles. The van der Waals surface area contributed by atoms with Gasteiger partial charge in [0.25, 0.3) is 0 Å². The summed E-state index contributed by atoms with van der Waals surface area (Å²) in [6.45, 7) is 0. The number of hydrogen-bond donors (Lipinski definition) is 2. The number of hydrogen-bond acceptors (Lipinski definition) is 3. The molecule has 4 N–H and O–H groups in total. The Bertz CT molecular complexity index is 609. The third-order valence-electron chi connectivity index (χ3n) is 2.51. The molecule has 5 heteroatoms. The number of carbonyl (C=O) groups excluding carboxylic acids is 2. The maximum absolute atomic E-state index is 11.4. The zero-order valence-corrected chi connectivity index (χ0v) is 9.46. The fourth-order valence-corrected chi connectivity index (χ4v) is 1.65. The highest BCUT2D eigenvalue weighted by atomic mass is 16.1. The summed E-state index contributed by atoms with van der Waals surface area (Å²) in [4.78, 5) is 26.6. The van der Waals surface area contributed by atoms with Gasteiger partial charge in [-0.2, -0.15) is 0 Å². The van der Waals surface area contributed by atoms with Crippen molar-refractivity contribution in [2.45, 2.75) is 0 Å². The molecule has 1 aromatic carbocycles. The number of pyridine rings is 1. The first-order valence-corrected chi connectivity index (χ1v) is 5.24. The normalized spacial score (nSPS) is 10.0. The third kappa shape index (κ3) is 2.20. The molecule has 0 aliphatic heterocycles. The predicted molar refractivity (Wildman–Crippen MR) is 66.7 cm³/mol. The van der Waals surface area contributed by atoms with Gasteiger partial charge in [0, 0.05) is 22.9 Å². The Morgan fingerprint density at radius 3 is 2.33 bits per heavy atom. The molecule has 0 aliphatic rings. The van der Waals surface area contributed by atoms with E-state index in [0.29, 0.717) is 22.4 Å². The minimum atomic E-state index is -0.577. The van der Waals surface area contributed by atoms with E-state index in [2.05, 4.69) is 4.98 Å². The summed E-state index contributed by atoms with van der Waals surface area (Å²) in [5.41, 5.74) is 12.2. The van der Waals surface area contributed by atoms with Crippen LogP contribution in [0, 0.1) is 0 Å². The molecule has 0 aliphatic carbocycles. The average molecular weight is 241 g/mol. The molecule has 0 atom stereocenters. The average Bonchev–Trinajstić information content (AvgIpc) is 2.39. The molecule has 90 valence electrons. The Balaban J connectivity index is 2.65. The Morgan fingerprint density at radius 2 is 1.78 bits per heavy atom. The van der Waals surface area contributed by atoms with Crippen molar-refractivity contribution in [3.63, 3.8) is 0 Å². The van der Waals surface area contributed by atoms with Gasteiger partial charge in [0.05, 0.1) is 5.69 Å². The lowest BCUT2D eigenvalue weighted by atomic mass is 10.00. The summed E-state index contributed by atoms with van der Waals surface area (Å²) in [7, 11) is 0. The van der Waals surface area contributed by atoms with Crippen molar-refractivity contribution >= 4 is 11.8 Å². The molecule has 0 spiro atoms. The minimum Gasteiger partial charge on any atom is -0.366 e. The molecule has 5 nitrogen and oxygen atoms in total. The van der Waals surface area contributed by atoms with Crippen LogP contribution in [0.2, 0.25) is 0 Å². The van der Waals surface area contributed by atoms with Crippen LogP contribution in [0.15, 0.2) is 42.6 Å². The lowest BCUT2D eigenvalue weighted by Crippen LogP contribution is -2.15. The molecule has 0 unspecified atom stereocenters. The highest BCUT2D eigenvalue weighted by molar-refractivity contribution is 6.02. The molecule has 2 aromatic rings. The fraction of sp³-hybridized carbons (Fsp3) is 0. The van der Waals surface area contributed by atoms with Gasteiger partial charge in [-0.15, -0.1) is 0 Å². The topological polar surface area (TPSA) is 99.1 Å². The highest BCUT2D eigenvalue weighted by Gasteiger charge is 2.13. The van der Waals surface area contributed by atoms with Crippen molar-refractivity contribution in [2.24, 2.45) is 11.5 Å². The molecule has 1 heterocycles. The standard InChI is InChI=1S/C13H11N3O2/c14-12(17)8-4-5-9(13(15)18)10(7-8)11-3-1-2-6-16-11/h1-7H,(H2,14,17)(H2,15,18). The number of rotatable bonds is 3. The van der Waals surface area contributed by atoms with Crippen molar-refractivity contribution in [3.8, 4) is 11.3 Å². The van der Waals surface area contributed by atoms with E-state index in [9.17, 15) is 9.59 Å². The van der Waals surface area contributed by atoms with E-state index in [4.69, 9.17) is 11.5 Å². The number of nitrogens with zero attached hydrogens (tertiary/aromatic N) is 1. The van der Waals surface area contributed by atoms with Crippen LogP contribution in [0.4, 0.5) is 0 Å². The predicted octanol–water partition coefficient (Wildman–Crippen LogP) is 0.946. The molecular formula is C13H11N3O2. The first-order chi connectivity index (χ1) is 8.59. The molecule has 0 radical (unpaired) electrons. The van der Waals surface area contributed by atoms with Crippen LogP contribution in [0.1, 0.15) is 20.7 Å². The highest BCUT2D eigenvalue weighted by Crippen LogP contribution is 2.22. The minimum absolute atomic E-state index is 0.304. The number of nitrogens with two attached hydrogens (primary N) is 2. The fourth-order valence-electron chi connectivity index (χ4n) is 1.65. The van der Waals surface area contributed by atoms with Gasteiger partial charge < -0.3 is 11.5 Å². The SMILES string of the molecule is NC(=O)c1ccc(C(N)=O)c(-c2ccccn2)c1. The van der Waals surface area contributed by atoms with Gasteiger partial charge in [0.1, 0.15) is 0 Å². The molecule has 2 amide bonds. The number of amides is 2. The number of benzene rings is 1. The molecule has 0 saturated heterocycles. The summed E-state index contributed by atoms with van der Waals surface area (Å²) in [5.74, 6) is -1.14. The number of carbonyl (C=O) groups is 2. The maximum Gasteiger partial charge on any atom is 0.249 e. The first-order valence-electron chi connectivity index (χ1n) is 5.24. The molecule has 0 bridgehead atoms. The van der Waals surface area contributed by atoms with E-state index in [1.165, 1.54) is 18.2 Å². The van der Waals surface area contributed by atoms with Gasteiger partial charge in [-0.1, -0.05) is 6.07 Å². The quantitative estimate of drug-likeness (QED) is 0.836. The van der Waals surface area contributed by atoms with Crippen molar-refractivity contribution in [1.29, 1.82) is 0 Å². The Hall–Kier alpha value is -2.69.